The molecule has 90 valence electrons. The molecular weight excluding hydrogens is 208 g/mol. The predicted octanol–water partition coefficient (Wildman–Crippen LogP) is 0.955. The zero-order chi connectivity index (χ0) is 11.8. The van der Waals surface area contributed by atoms with Crippen LogP contribution in [0.3, 0.4) is 0 Å². The van der Waals surface area contributed by atoms with E-state index < -0.39 is 6.10 Å². The highest BCUT2D eigenvalue weighted by Crippen LogP contribution is 2.11. The molecular formula is C12H18O4. The fourth-order valence-corrected chi connectivity index (χ4v) is 1.22. The van der Waals surface area contributed by atoms with Crippen LogP contribution < -0.4 is 4.74 Å². The Kier molecular flexibility index (Phi) is 5.85. The number of ether oxygens (including phenoxy) is 2. The van der Waals surface area contributed by atoms with Crippen LogP contribution in [0, 0.1) is 0 Å². The van der Waals surface area contributed by atoms with E-state index in [0.717, 1.165) is 11.3 Å². The SMILES string of the molecule is COc1ccc(COCC[C@H](O)CO)cc1. The number of aliphatic hydroxyl groups excluding tert-OH is 2. The second-order valence-corrected chi connectivity index (χ2v) is 3.53. The van der Waals surface area contributed by atoms with Crippen LogP contribution in [0.2, 0.25) is 0 Å². The highest BCUT2D eigenvalue weighted by Gasteiger charge is 2.01. The lowest BCUT2D eigenvalue weighted by Crippen LogP contribution is -2.14. The van der Waals surface area contributed by atoms with Gasteiger partial charge in [-0.1, -0.05) is 12.1 Å². The highest BCUT2D eigenvalue weighted by molar-refractivity contribution is 5.26. The molecule has 0 heterocycles. The first-order valence-electron chi connectivity index (χ1n) is 5.26. The van der Waals surface area contributed by atoms with Crippen molar-refractivity contribution in [3.05, 3.63) is 29.8 Å². The van der Waals surface area contributed by atoms with Gasteiger partial charge in [-0.15, -0.1) is 0 Å². The topological polar surface area (TPSA) is 58.9 Å². The zero-order valence-electron chi connectivity index (χ0n) is 9.43. The maximum atomic E-state index is 9.08. The fraction of sp³-hybridized carbons (Fsp3) is 0.500. The summed E-state index contributed by atoms with van der Waals surface area (Å²) >= 11 is 0. The van der Waals surface area contributed by atoms with Crippen LogP contribution in [0.1, 0.15) is 12.0 Å². The lowest BCUT2D eigenvalue weighted by atomic mass is 10.2. The molecule has 4 heteroatoms. The van der Waals surface area contributed by atoms with Crippen LogP contribution in [0.4, 0.5) is 0 Å². The number of hydrogen-bond donors (Lipinski definition) is 2. The molecule has 0 aliphatic rings. The van der Waals surface area contributed by atoms with Crippen LogP contribution in [0.5, 0.6) is 5.75 Å². The molecule has 0 saturated heterocycles. The van der Waals surface area contributed by atoms with Gasteiger partial charge in [0.2, 0.25) is 0 Å². The normalized spacial score (nSPS) is 12.4. The van der Waals surface area contributed by atoms with Crippen LogP contribution >= 0.6 is 0 Å². The van der Waals surface area contributed by atoms with Gasteiger partial charge in [-0.2, -0.15) is 0 Å². The van der Waals surface area contributed by atoms with Gasteiger partial charge in [0.05, 0.1) is 26.4 Å². The molecule has 0 radical (unpaired) electrons. The zero-order valence-corrected chi connectivity index (χ0v) is 9.43. The summed E-state index contributed by atoms with van der Waals surface area (Å²) in [6, 6.07) is 7.62. The van der Waals surface area contributed by atoms with E-state index in [0.29, 0.717) is 19.6 Å². The van der Waals surface area contributed by atoms with Crippen molar-refractivity contribution in [2.75, 3.05) is 20.3 Å². The quantitative estimate of drug-likeness (QED) is 0.680. The van der Waals surface area contributed by atoms with Crippen molar-refractivity contribution < 1.29 is 19.7 Å². The van der Waals surface area contributed by atoms with Gasteiger partial charge >= 0.3 is 0 Å². The molecule has 0 spiro atoms. The lowest BCUT2D eigenvalue weighted by Gasteiger charge is -2.08. The maximum Gasteiger partial charge on any atom is 0.118 e. The standard InChI is InChI=1S/C12H18O4/c1-15-12-4-2-10(3-5-12)9-16-7-6-11(14)8-13/h2-5,11,13-14H,6-9H2,1H3/t11-/m0/s1. The van der Waals surface area contributed by atoms with Crippen molar-refractivity contribution in [3.63, 3.8) is 0 Å². The van der Waals surface area contributed by atoms with Crippen molar-refractivity contribution in [2.24, 2.45) is 0 Å². The van der Waals surface area contributed by atoms with Gasteiger partial charge in [-0.05, 0) is 24.1 Å². The number of hydrogen-bond acceptors (Lipinski definition) is 4. The Balaban J connectivity index is 2.21. The summed E-state index contributed by atoms with van der Waals surface area (Å²) in [6.45, 7) is 0.724. The average molecular weight is 226 g/mol. The van der Waals surface area contributed by atoms with Crippen LogP contribution in [-0.4, -0.2) is 36.6 Å². The Hall–Kier alpha value is -1.10. The molecule has 0 fully saturated rings. The van der Waals surface area contributed by atoms with Crippen molar-refractivity contribution in [1.82, 2.24) is 0 Å². The molecule has 16 heavy (non-hydrogen) atoms. The van der Waals surface area contributed by atoms with E-state index in [2.05, 4.69) is 0 Å². The molecule has 1 rings (SSSR count). The van der Waals surface area contributed by atoms with E-state index in [1.807, 2.05) is 24.3 Å². The van der Waals surface area contributed by atoms with Gasteiger partial charge in [0, 0.05) is 6.61 Å². The average Bonchev–Trinajstić information content (AvgIpc) is 2.35. The van der Waals surface area contributed by atoms with Crippen molar-refractivity contribution >= 4 is 0 Å². The minimum Gasteiger partial charge on any atom is -0.497 e. The predicted molar refractivity (Wildman–Crippen MR) is 60.4 cm³/mol. The van der Waals surface area contributed by atoms with E-state index in [-0.39, 0.29) is 6.61 Å². The van der Waals surface area contributed by atoms with Crippen molar-refractivity contribution in [1.29, 1.82) is 0 Å². The van der Waals surface area contributed by atoms with Crippen molar-refractivity contribution in [2.45, 2.75) is 19.1 Å². The molecule has 0 aliphatic heterocycles. The Morgan fingerprint density at radius 3 is 2.50 bits per heavy atom. The summed E-state index contributed by atoms with van der Waals surface area (Å²) in [5, 5.41) is 17.7. The summed E-state index contributed by atoms with van der Waals surface area (Å²) < 4.78 is 10.4. The second kappa shape index (κ2) is 7.22. The summed E-state index contributed by atoms with van der Waals surface area (Å²) in [4.78, 5) is 0. The third-order valence-corrected chi connectivity index (χ3v) is 2.23. The van der Waals surface area contributed by atoms with Crippen LogP contribution in [0.25, 0.3) is 0 Å². The van der Waals surface area contributed by atoms with E-state index >= 15 is 0 Å². The Morgan fingerprint density at radius 1 is 1.25 bits per heavy atom. The van der Waals surface area contributed by atoms with Crippen LogP contribution in [0.15, 0.2) is 24.3 Å². The fourth-order valence-electron chi connectivity index (χ4n) is 1.22. The number of rotatable bonds is 7. The maximum absolute atomic E-state index is 9.08. The van der Waals surface area contributed by atoms with E-state index in [9.17, 15) is 0 Å². The molecule has 1 aromatic rings. The molecule has 0 unspecified atom stereocenters. The van der Waals surface area contributed by atoms with Gasteiger partial charge in [0.15, 0.2) is 0 Å². The van der Waals surface area contributed by atoms with Crippen LogP contribution in [-0.2, 0) is 11.3 Å². The number of aliphatic hydroxyl groups is 2. The summed E-state index contributed by atoms with van der Waals surface area (Å²) in [5.74, 6) is 0.819. The molecule has 1 aromatic carbocycles. The summed E-state index contributed by atoms with van der Waals surface area (Å²) in [5.41, 5.74) is 1.05. The van der Waals surface area contributed by atoms with Gasteiger partial charge < -0.3 is 19.7 Å². The van der Waals surface area contributed by atoms with E-state index in [1.165, 1.54) is 0 Å². The first kappa shape index (κ1) is 13.0. The van der Waals surface area contributed by atoms with Gasteiger partial charge in [-0.3, -0.25) is 0 Å². The Bertz CT molecular complexity index is 284. The molecule has 4 nitrogen and oxygen atoms in total. The van der Waals surface area contributed by atoms with E-state index in [1.54, 1.807) is 7.11 Å². The van der Waals surface area contributed by atoms with Gasteiger partial charge in [0.1, 0.15) is 5.75 Å². The largest absolute Gasteiger partial charge is 0.497 e. The second-order valence-electron chi connectivity index (χ2n) is 3.53. The van der Waals surface area contributed by atoms with Gasteiger partial charge in [0.25, 0.3) is 0 Å². The third-order valence-electron chi connectivity index (χ3n) is 2.23. The molecule has 0 amide bonds. The minimum atomic E-state index is -0.684. The first-order chi connectivity index (χ1) is 7.76. The summed E-state index contributed by atoms with van der Waals surface area (Å²) in [6.07, 6.45) is -0.233. The number of methoxy groups -OCH3 is 1. The molecule has 2 N–H and O–H groups in total. The highest BCUT2D eigenvalue weighted by atomic mass is 16.5. The van der Waals surface area contributed by atoms with E-state index in [4.69, 9.17) is 19.7 Å². The monoisotopic (exact) mass is 226 g/mol. The third kappa shape index (κ3) is 4.61. The van der Waals surface area contributed by atoms with Gasteiger partial charge in [-0.25, -0.2) is 0 Å². The minimum absolute atomic E-state index is 0.216. The molecule has 0 saturated carbocycles. The Labute approximate surface area is 95.4 Å². The van der Waals surface area contributed by atoms with Crippen molar-refractivity contribution in [3.8, 4) is 5.75 Å². The molecule has 0 aliphatic carbocycles. The Morgan fingerprint density at radius 2 is 1.94 bits per heavy atom. The molecule has 0 bridgehead atoms. The lowest BCUT2D eigenvalue weighted by molar-refractivity contribution is 0.0436. The smallest absolute Gasteiger partial charge is 0.118 e. The summed E-state index contributed by atoms with van der Waals surface area (Å²) in [7, 11) is 1.63. The first-order valence-corrected chi connectivity index (χ1v) is 5.26. The number of benzene rings is 1. The molecule has 0 aromatic heterocycles. The molecule has 1 atom stereocenters.